The molecule has 9 heteroatoms. The number of hydrogen-bond acceptors (Lipinski definition) is 6. The van der Waals surface area contributed by atoms with E-state index in [0.717, 1.165) is 50.5 Å². The van der Waals surface area contributed by atoms with Gasteiger partial charge in [0.15, 0.2) is 16.6 Å². The Balaban J connectivity index is 1.27. The average Bonchev–Trinajstić information content (AvgIpc) is 3.50. The van der Waals surface area contributed by atoms with Gasteiger partial charge in [-0.1, -0.05) is 69.4 Å². The second-order valence-corrected chi connectivity index (χ2v) is 15.2. The van der Waals surface area contributed by atoms with Crippen LogP contribution in [0, 0.1) is 29.6 Å². The fraction of sp³-hybridized carbons (Fsp3) is 0.600. The molecule has 2 aliphatic carbocycles. The molecule has 0 radical (unpaired) electrons. The van der Waals surface area contributed by atoms with E-state index in [4.69, 9.17) is 0 Å². The number of hydrogen-bond donors (Lipinski definition) is 0. The molecule has 5 rings (SSSR count). The minimum Gasteiger partial charge on any atom is -0.332 e. The molecule has 2 saturated carbocycles. The second kappa shape index (κ2) is 14.4. The van der Waals surface area contributed by atoms with Crippen molar-refractivity contribution < 1.29 is 27.2 Å². The third-order valence-electron chi connectivity index (χ3n) is 10.4. The highest BCUT2D eigenvalue weighted by molar-refractivity contribution is 7.92. The Morgan fingerprint density at radius 1 is 0.932 bits per heavy atom. The molecule has 0 N–H and O–H groups in total. The Labute approximate surface area is 260 Å². The Bertz CT molecular complexity index is 1400. The van der Waals surface area contributed by atoms with Gasteiger partial charge in [0.1, 0.15) is 5.75 Å². The number of halogens is 1. The first-order valence-electron chi connectivity index (χ1n) is 16.3. The number of aromatic nitrogens is 1. The second-order valence-electron chi connectivity index (χ2n) is 13.3. The number of benzene rings is 1. The van der Waals surface area contributed by atoms with Crippen molar-refractivity contribution in [2.45, 2.75) is 88.6 Å². The summed E-state index contributed by atoms with van der Waals surface area (Å²) in [5, 5.41) is -0.138. The molecule has 1 saturated heterocycles. The van der Waals surface area contributed by atoms with Crippen LogP contribution in [-0.4, -0.2) is 60.8 Å². The van der Waals surface area contributed by atoms with E-state index in [0.29, 0.717) is 18.4 Å². The van der Waals surface area contributed by atoms with Crippen molar-refractivity contribution in [3.05, 3.63) is 59.8 Å². The molecule has 1 amide bonds. The summed E-state index contributed by atoms with van der Waals surface area (Å²) in [6.07, 6.45) is 11.3. The number of likely N-dealkylation sites (tertiary alicyclic amines) is 1. The van der Waals surface area contributed by atoms with Gasteiger partial charge in [-0.05, 0) is 73.5 Å². The van der Waals surface area contributed by atoms with Crippen LogP contribution in [0.3, 0.4) is 0 Å². The van der Waals surface area contributed by atoms with Gasteiger partial charge < -0.3 is 4.90 Å². The molecule has 238 valence electrons. The summed E-state index contributed by atoms with van der Waals surface area (Å²) in [5.74, 6) is -0.259. The first kappa shape index (κ1) is 32.5. The quantitative estimate of drug-likeness (QED) is 0.282. The highest BCUT2D eigenvalue weighted by Crippen LogP contribution is 2.42. The van der Waals surface area contributed by atoms with Crippen LogP contribution in [0.15, 0.2) is 53.7 Å². The molecule has 0 unspecified atom stereocenters. The fourth-order valence-electron chi connectivity index (χ4n) is 7.80. The molecule has 0 bridgehead atoms. The van der Waals surface area contributed by atoms with E-state index in [9.17, 15) is 27.2 Å². The van der Waals surface area contributed by atoms with Crippen molar-refractivity contribution in [2.75, 3.05) is 19.0 Å². The Kier molecular flexibility index (Phi) is 10.7. The Morgan fingerprint density at radius 2 is 1.64 bits per heavy atom. The summed E-state index contributed by atoms with van der Waals surface area (Å²) in [5.41, 5.74) is 0.998. The van der Waals surface area contributed by atoms with E-state index in [-0.39, 0.29) is 53.1 Å². The van der Waals surface area contributed by atoms with Crippen molar-refractivity contribution in [3.63, 3.8) is 0 Å². The molecule has 1 aliphatic heterocycles. The number of nitrogens with zero attached hydrogens (tertiary/aromatic N) is 2. The molecule has 44 heavy (non-hydrogen) atoms. The van der Waals surface area contributed by atoms with E-state index in [1.165, 1.54) is 31.5 Å². The number of alkyl halides is 1. The number of Topliss-reactive ketones (excluding diaryl/α,β-unsaturated/α-hetero) is 2. The van der Waals surface area contributed by atoms with Crippen molar-refractivity contribution in [1.29, 1.82) is 0 Å². The molecule has 2 heterocycles. The summed E-state index contributed by atoms with van der Waals surface area (Å²) < 4.78 is 38.5. The zero-order valence-electron chi connectivity index (χ0n) is 25.7. The van der Waals surface area contributed by atoms with Crippen molar-refractivity contribution >= 4 is 27.3 Å². The van der Waals surface area contributed by atoms with Crippen molar-refractivity contribution in [1.82, 2.24) is 9.88 Å². The number of amides is 1. The molecule has 7 nitrogen and oxygen atoms in total. The highest BCUT2D eigenvalue weighted by Gasteiger charge is 2.46. The fourth-order valence-corrected chi connectivity index (χ4v) is 8.97. The van der Waals surface area contributed by atoms with Crippen molar-refractivity contribution in [2.24, 2.45) is 29.6 Å². The standard InChI is InChI=1S/C35H45FN2O5S/c1-24(22-36)26-14-16-29(17-15-26)35(41)38-20-18-30(27-7-3-2-4-8-27)34(38)31(39)21-25-10-12-28(13-11-25)32(40)23-44(42,43)33-9-5-6-19-37-33/h5-6,9-13,19,24,26-27,29-30,34H,2-4,7-8,14-18,20-23H2,1H3/t24-,26?,29?,30+,34+/m1/s1. The van der Waals surface area contributed by atoms with Gasteiger partial charge >= 0.3 is 0 Å². The maximum atomic E-state index is 14.0. The van der Waals surface area contributed by atoms with Crippen LogP contribution in [0.2, 0.25) is 0 Å². The van der Waals surface area contributed by atoms with Gasteiger partial charge in [0.25, 0.3) is 0 Å². The molecular formula is C35H45FN2O5S. The maximum Gasteiger partial charge on any atom is 0.226 e. The number of sulfone groups is 1. The number of rotatable bonds is 11. The smallest absolute Gasteiger partial charge is 0.226 e. The molecule has 3 aliphatic rings. The van der Waals surface area contributed by atoms with E-state index in [2.05, 4.69) is 4.98 Å². The van der Waals surface area contributed by atoms with E-state index in [1.54, 1.807) is 36.4 Å². The van der Waals surface area contributed by atoms with Gasteiger partial charge in [-0.3, -0.25) is 18.8 Å². The largest absolute Gasteiger partial charge is 0.332 e. The number of carbonyl (C=O) groups is 3. The molecular weight excluding hydrogens is 579 g/mol. The van der Waals surface area contributed by atoms with Gasteiger partial charge in [-0.25, -0.2) is 13.4 Å². The molecule has 3 atom stereocenters. The predicted molar refractivity (Wildman–Crippen MR) is 167 cm³/mol. The number of carbonyl (C=O) groups excluding carboxylic acids is 3. The van der Waals surface area contributed by atoms with Crippen LogP contribution in [0.5, 0.6) is 0 Å². The monoisotopic (exact) mass is 624 g/mol. The zero-order chi connectivity index (χ0) is 31.3. The SMILES string of the molecule is C[C@H](CF)C1CCC(C(=O)N2CC[C@@H](C3CCCCC3)[C@H]2C(=O)Cc2ccc(C(=O)CS(=O)(=O)c3ccccn3)cc2)CC1. The van der Waals surface area contributed by atoms with Crippen LogP contribution in [-0.2, 0) is 25.8 Å². The van der Waals surface area contributed by atoms with Gasteiger partial charge in [-0.15, -0.1) is 0 Å². The third-order valence-corrected chi connectivity index (χ3v) is 11.9. The maximum absolute atomic E-state index is 14.0. The lowest BCUT2D eigenvalue weighted by atomic mass is 9.74. The van der Waals surface area contributed by atoms with Crippen molar-refractivity contribution in [3.8, 4) is 0 Å². The zero-order valence-corrected chi connectivity index (χ0v) is 26.5. The number of ketones is 2. The van der Waals surface area contributed by atoms with Crippen LogP contribution < -0.4 is 0 Å². The topological polar surface area (TPSA) is 101 Å². The normalized spacial score (nSPS) is 25.5. The van der Waals surface area contributed by atoms with Crippen LogP contribution in [0.4, 0.5) is 4.39 Å². The first-order valence-corrected chi connectivity index (χ1v) is 18.0. The van der Waals surface area contributed by atoms with Crippen LogP contribution in [0.1, 0.15) is 87.1 Å². The molecule has 2 aromatic rings. The van der Waals surface area contributed by atoms with Gasteiger partial charge in [0.05, 0.1) is 12.7 Å². The van der Waals surface area contributed by atoms with Gasteiger partial charge in [0.2, 0.25) is 15.7 Å². The highest BCUT2D eigenvalue weighted by atomic mass is 32.2. The van der Waals surface area contributed by atoms with Gasteiger partial charge in [0, 0.05) is 30.6 Å². The number of pyridine rings is 1. The summed E-state index contributed by atoms with van der Waals surface area (Å²) >= 11 is 0. The summed E-state index contributed by atoms with van der Waals surface area (Å²) in [7, 11) is -3.87. The lowest BCUT2D eigenvalue weighted by Crippen LogP contribution is -2.48. The Hall–Kier alpha value is -2.94. The predicted octanol–water partition coefficient (Wildman–Crippen LogP) is 6.06. The Morgan fingerprint density at radius 3 is 2.27 bits per heavy atom. The van der Waals surface area contributed by atoms with E-state index in [1.807, 2.05) is 11.8 Å². The molecule has 1 aromatic carbocycles. The van der Waals surface area contributed by atoms with Gasteiger partial charge in [-0.2, -0.15) is 0 Å². The molecule has 0 spiro atoms. The molecule has 1 aromatic heterocycles. The minimum absolute atomic E-state index is 0.0230. The lowest BCUT2D eigenvalue weighted by molar-refractivity contribution is -0.143. The summed E-state index contributed by atoms with van der Waals surface area (Å²) in [6.45, 7) is 2.23. The minimum atomic E-state index is -3.87. The lowest BCUT2D eigenvalue weighted by Gasteiger charge is -2.37. The average molecular weight is 625 g/mol. The first-order chi connectivity index (χ1) is 21.2. The summed E-state index contributed by atoms with van der Waals surface area (Å²) in [6, 6.07) is 10.7. The van der Waals surface area contributed by atoms with Crippen LogP contribution in [0.25, 0.3) is 0 Å². The van der Waals surface area contributed by atoms with E-state index >= 15 is 0 Å². The van der Waals surface area contributed by atoms with Crippen LogP contribution >= 0.6 is 0 Å². The third kappa shape index (κ3) is 7.47. The van der Waals surface area contributed by atoms with E-state index < -0.39 is 27.4 Å². The summed E-state index contributed by atoms with van der Waals surface area (Å²) in [4.78, 5) is 46.5. The molecule has 3 fully saturated rings.